The molecule has 2 aromatic rings. The predicted octanol–water partition coefficient (Wildman–Crippen LogP) is 1.23. The van der Waals surface area contributed by atoms with E-state index in [1.54, 1.807) is 28.9 Å². The zero-order valence-electron chi connectivity index (χ0n) is 11.6. The zero-order chi connectivity index (χ0) is 15.3. The minimum Gasteiger partial charge on any atom is -0.318 e. The molecule has 0 aliphatic carbocycles. The molecule has 1 heterocycles. The quantitative estimate of drug-likeness (QED) is 0.801. The summed E-state index contributed by atoms with van der Waals surface area (Å²) in [6.45, 7) is 1.55. The van der Waals surface area contributed by atoms with Crippen molar-refractivity contribution >= 4 is 21.6 Å². The second-order valence-electron chi connectivity index (χ2n) is 4.49. The summed E-state index contributed by atoms with van der Waals surface area (Å²) in [4.78, 5) is 0.160. The number of sulfonamides is 1. The molecule has 21 heavy (non-hydrogen) atoms. The standard InChI is InChI=1S/C13H17ClN4O2S/c1-15-6-7-18-10-13(9-16-18)21(19,20)17-8-11-2-4-12(14)5-3-11/h2-5,9-10,15,17H,6-8H2,1H3. The summed E-state index contributed by atoms with van der Waals surface area (Å²) in [7, 11) is -1.73. The van der Waals surface area contributed by atoms with E-state index in [9.17, 15) is 8.42 Å². The van der Waals surface area contributed by atoms with Gasteiger partial charge in [0.1, 0.15) is 4.90 Å². The SMILES string of the molecule is CNCCn1cc(S(=O)(=O)NCc2ccc(Cl)cc2)cn1. The van der Waals surface area contributed by atoms with Crippen molar-refractivity contribution in [3.63, 3.8) is 0 Å². The largest absolute Gasteiger partial charge is 0.318 e. The van der Waals surface area contributed by atoms with Gasteiger partial charge in [0.05, 0.1) is 12.7 Å². The summed E-state index contributed by atoms with van der Waals surface area (Å²) < 4.78 is 28.4. The van der Waals surface area contributed by atoms with Crippen LogP contribution < -0.4 is 10.0 Å². The lowest BCUT2D eigenvalue weighted by molar-refractivity contribution is 0.576. The first-order valence-corrected chi connectivity index (χ1v) is 8.28. The van der Waals surface area contributed by atoms with Gasteiger partial charge in [0, 0.05) is 24.3 Å². The molecule has 8 heteroatoms. The van der Waals surface area contributed by atoms with Crippen molar-refractivity contribution in [3.8, 4) is 0 Å². The molecule has 0 saturated carbocycles. The third-order valence-corrected chi connectivity index (χ3v) is 4.50. The van der Waals surface area contributed by atoms with Crippen LogP contribution in [0.4, 0.5) is 0 Å². The lowest BCUT2D eigenvalue weighted by Crippen LogP contribution is -2.23. The molecule has 0 aliphatic heterocycles. The molecule has 2 N–H and O–H groups in total. The Balaban J connectivity index is 2.00. The van der Waals surface area contributed by atoms with Gasteiger partial charge in [-0.1, -0.05) is 23.7 Å². The molecule has 1 aromatic heterocycles. The molecule has 0 amide bonds. The van der Waals surface area contributed by atoms with Crippen LogP contribution in [0.15, 0.2) is 41.6 Å². The molecular formula is C13H17ClN4O2S. The van der Waals surface area contributed by atoms with E-state index < -0.39 is 10.0 Å². The zero-order valence-corrected chi connectivity index (χ0v) is 13.2. The van der Waals surface area contributed by atoms with E-state index in [-0.39, 0.29) is 11.4 Å². The Hall–Kier alpha value is -1.41. The summed E-state index contributed by atoms with van der Waals surface area (Å²) in [5, 5.41) is 7.62. The maximum absolute atomic E-state index is 12.2. The lowest BCUT2D eigenvalue weighted by Gasteiger charge is -2.05. The third-order valence-electron chi connectivity index (χ3n) is 2.89. The Labute approximate surface area is 129 Å². The highest BCUT2D eigenvalue weighted by atomic mass is 35.5. The highest BCUT2D eigenvalue weighted by molar-refractivity contribution is 7.89. The number of rotatable bonds is 7. The van der Waals surface area contributed by atoms with Gasteiger partial charge in [-0.3, -0.25) is 4.68 Å². The highest BCUT2D eigenvalue weighted by Crippen LogP contribution is 2.11. The Morgan fingerprint density at radius 2 is 2.00 bits per heavy atom. The van der Waals surface area contributed by atoms with Crippen molar-refractivity contribution in [1.82, 2.24) is 19.8 Å². The topological polar surface area (TPSA) is 76.0 Å². The van der Waals surface area contributed by atoms with Gasteiger partial charge in [-0.05, 0) is 24.7 Å². The number of hydrogen-bond donors (Lipinski definition) is 2. The van der Waals surface area contributed by atoms with Gasteiger partial charge in [-0.15, -0.1) is 0 Å². The van der Waals surface area contributed by atoms with Crippen LogP contribution in [-0.4, -0.2) is 31.8 Å². The van der Waals surface area contributed by atoms with Crippen LogP contribution in [0.2, 0.25) is 5.02 Å². The van der Waals surface area contributed by atoms with Crippen molar-refractivity contribution in [2.75, 3.05) is 13.6 Å². The van der Waals surface area contributed by atoms with E-state index >= 15 is 0 Å². The monoisotopic (exact) mass is 328 g/mol. The summed E-state index contributed by atoms with van der Waals surface area (Å²) in [5.74, 6) is 0. The molecule has 0 fully saturated rings. The molecule has 114 valence electrons. The smallest absolute Gasteiger partial charge is 0.243 e. The molecule has 0 spiro atoms. The lowest BCUT2D eigenvalue weighted by atomic mass is 10.2. The molecule has 1 aromatic carbocycles. The van der Waals surface area contributed by atoms with Crippen LogP contribution in [0.25, 0.3) is 0 Å². The van der Waals surface area contributed by atoms with Crippen LogP contribution >= 0.6 is 11.6 Å². The first-order valence-electron chi connectivity index (χ1n) is 6.42. The van der Waals surface area contributed by atoms with Crippen molar-refractivity contribution in [3.05, 3.63) is 47.2 Å². The van der Waals surface area contributed by atoms with Gasteiger partial charge in [0.25, 0.3) is 0 Å². The van der Waals surface area contributed by atoms with Crippen LogP contribution in [0.1, 0.15) is 5.56 Å². The highest BCUT2D eigenvalue weighted by Gasteiger charge is 2.16. The van der Waals surface area contributed by atoms with Crippen molar-refractivity contribution in [2.24, 2.45) is 0 Å². The first-order chi connectivity index (χ1) is 10.0. The van der Waals surface area contributed by atoms with Crippen LogP contribution in [0.5, 0.6) is 0 Å². The minimum absolute atomic E-state index is 0.160. The number of likely N-dealkylation sites (N-methyl/N-ethyl adjacent to an activating group) is 1. The molecule has 0 radical (unpaired) electrons. The molecule has 6 nitrogen and oxygen atoms in total. The molecule has 0 unspecified atom stereocenters. The van der Waals surface area contributed by atoms with Gasteiger partial charge < -0.3 is 5.32 Å². The predicted molar refractivity (Wildman–Crippen MR) is 81.6 cm³/mol. The maximum atomic E-state index is 12.2. The van der Waals surface area contributed by atoms with E-state index in [2.05, 4.69) is 15.1 Å². The Morgan fingerprint density at radius 3 is 2.67 bits per heavy atom. The summed E-state index contributed by atoms with van der Waals surface area (Å²) in [6.07, 6.45) is 2.86. The minimum atomic E-state index is -3.56. The van der Waals surface area contributed by atoms with Crippen LogP contribution in [-0.2, 0) is 23.1 Å². The van der Waals surface area contributed by atoms with Crippen molar-refractivity contribution in [2.45, 2.75) is 18.0 Å². The van der Waals surface area contributed by atoms with E-state index in [4.69, 9.17) is 11.6 Å². The molecule has 0 aliphatic rings. The Kier molecular flexibility index (Phi) is 5.35. The second-order valence-corrected chi connectivity index (χ2v) is 6.70. The van der Waals surface area contributed by atoms with Gasteiger partial charge in [-0.25, -0.2) is 13.1 Å². The average molecular weight is 329 g/mol. The first kappa shape index (κ1) is 16.0. The van der Waals surface area contributed by atoms with Crippen LogP contribution in [0, 0.1) is 0 Å². The molecule has 0 bridgehead atoms. The number of hydrogen-bond acceptors (Lipinski definition) is 4. The van der Waals surface area contributed by atoms with E-state index in [0.29, 0.717) is 11.6 Å². The number of aromatic nitrogens is 2. The van der Waals surface area contributed by atoms with Gasteiger partial charge in [0.2, 0.25) is 10.0 Å². The average Bonchev–Trinajstić information content (AvgIpc) is 2.94. The summed E-state index contributed by atoms with van der Waals surface area (Å²) >= 11 is 5.79. The molecular weight excluding hydrogens is 312 g/mol. The normalized spacial score (nSPS) is 11.7. The molecule has 0 atom stereocenters. The van der Waals surface area contributed by atoms with Crippen molar-refractivity contribution < 1.29 is 8.42 Å². The fourth-order valence-electron chi connectivity index (χ4n) is 1.70. The van der Waals surface area contributed by atoms with Gasteiger partial charge in [-0.2, -0.15) is 5.10 Å². The summed E-state index contributed by atoms with van der Waals surface area (Å²) in [6, 6.07) is 7.00. The van der Waals surface area contributed by atoms with Crippen molar-refractivity contribution in [1.29, 1.82) is 0 Å². The fraction of sp³-hybridized carbons (Fsp3) is 0.308. The number of benzene rings is 1. The number of halogens is 1. The number of nitrogens with zero attached hydrogens (tertiary/aromatic N) is 2. The molecule has 2 rings (SSSR count). The van der Waals surface area contributed by atoms with E-state index in [0.717, 1.165) is 12.1 Å². The van der Waals surface area contributed by atoms with Gasteiger partial charge in [0.15, 0.2) is 0 Å². The molecule has 0 saturated heterocycles. The number of nitrogens with one attached hydrogen (secondary N) is 2. The van der Waals surface area contributed by atoms with E-state index in [1.807, 2.05) is 7.05 Å². The van der Waals surface area contributed by atoms with E-state index in [1.165, 1.54) is 12.4 Å². The van der Waals surface area contributed by atoms with Crippen LogP contribution in [0.3, 0.4) is 0 Å². The maximum Gasteiger partial charge on any atom is 0.243 e. The summed E-state index contributed by atoms with van der Waals surface area (Å²) in [5.41, 5.74) is 0.838. The third kappa shape index (κ3) is 4.53. The van der Waals surface area contributed by atoms with Gasteiger partial charge >= 0.3 is 0 Å². The fourth-order valence-corrected chi connectivity index (χ4v) is 2.79. The Morgan fingerprint density at radius 1 is 1.29 bits per heavy atom. The Bertz CT molecular complexity index is 682. The second kappa shape index (κ2) is 7.04.